The van der Waals surface area contributed by atoms with Crippen molar-refractivity contribution in [2.75, 3.05) is 7.05 Å². The molecule has 0 spiro atoms. The highest BCUT2D eigenvalue weighted by Crippen LogP contribution is 2.38. The fourth-order valence-corrected chi connectivity index (χ4v) is 4.27. The lowest BCUT2D eigenvalue weighted by Gasteiger charge is -2.38. The van der Waals surface area contributed by atoms with Gasteiger partial charge in [0.25, 0.3) is 0 Å². The molecule has 2 atom stereocenters. The first kappa shape index (κ1) is 17.7. The second kappa shape index (κ2) is 7.81. The number of piperidine rings is 1. The molecule has 2 bridgehead atoms. The molecule has 128 valence electrons. The molecule has 3 heteroatoms. The summed E-state index contributed by atoms with van der Waals surface area (Å²) >= 11 is 0. The predicted molar refractivity (Wildman–Crippen MR) is 104 cm³/mol. The van der Waals surface area contributed by atoms with E-state index < -0.39 is 0 Å². The van der Waals surface area contributed by atoms with E-state index in [1.54, 1.807) is 0 Å². The van der Waals surface area contributed by atoms with Crippen LogP contribution in [0.15, 0.2) is 60.7 Å². The molecule has 2 aliphatic heterocycles. The standard InChI is InChI=1S/C21H25NO.BrH/c1-22-18-12-13-19(22)15-20(14-18)23-21(16-8-4-2-5-9-16)17-10-6-3-7-11-17;/h2-11,18-21H,12-15H2,1H3;1H. The van der Waals surface area contributed by atoms with E-state index in [0.717, 1.165) is 0 Å². The van der Waals surface area contributed by atoms with Gasteiger partial charge in [0, 0.05) is 12.1 Å². The van der Waals surface area contributed by atoms with Crippen molar-refractivity contribution in [2.45, 2.75) is 50.0 Å². The SMILES string of the molecule is Br.CN1C2CCC1CC(OC(c1ccccc1)c1ccccc1)C2. The van der Waals surface area contributed by atoms with Crippen LogP contribution in [0.1, 0.15) is 42.9 Å². The van der Waals surface area contributed by atoms with Crippen molar-refractivity contribution in [3.8, 4) is 0 Å². The molecule has 2 saturated heterocycles. The molecule has 0 saturated carbocycles. The number of benzene rings is 2. The summed E-state index contributed by atoms with van der Waals surface area (Å²) in [6, 6.07) is 22.7. The van der Waals surface area contributed by atoms with Crippen LogP contribution in [0.5, 0.6) is 0 Å². The lowest BCUT2D eigenvalue weighted by Crippen LogP contribution is -2.43. The minimum absolute atomic E-state index is 0. The lowest BCUT2D eigenvalue weighted by atomic mass is 9.97. The van der Waals surface area contributed by atoms with Gasteiger partial charge in [-0.1, -0.05) is 60.7 Å². The maximum atomic E-state index is 6.67. The summed E-state index contributed by atoms with van der Waals surface area (Å²) in [4.78, 5) is 2.57. The van der Waals surface area contributed by atoms with Crippen molar-refractivity contribution in [3.05, 3.63) is 71.8 Å². The molecule has 2 aliphatic rings. The summed E-state index contributed by atoms with van der Waals surface area (Å²) in [6.07, 6.45) is 5.43. The molecule has 24 heavy (non-hydrogen) atoms. The van der Waals surface area contributed by atoms with Gasteiger partial charge in [0.05, 0.1) is 6.10 Å². The van der Waals surface area contributed by atoms with E-state index >= 15 is 0 Å². The van der Waals surface area contributed by atoms with Crippen LogP contribution in [0, 0.1) is 0 Å². The zero-order valence-electron chi connectivity index (χ0n) is 14.2. The topological polar surface area (TPSA) is 12.5 Å². The number of fused-ring (bicyclic) bond motifs is 2. The maximum absolute atomic E-state index is 6.67. The van der Waals surface area contributed by atoms with E-state index in [2.05, 4.69) is 72.6 Å². The molecule has 2 heterocycles. The highest BCUT2D eigenvalue weighted by molar-refractivity contribution is 8.93. The molecular formula is C21H26BrNO. The molecule has 0 radical (unpaired) electrons. The average Bonchev–Trinajstić information content (AvgIpc) is 2.83. The third-order valence-electron chi connectivity index (χ3n) is 5.59. The Morgan fingerprint density at radius 1 is 0.833 bits per heavy atom. The maximum Gasteiger partial charge on any atom is 0.108 e. The van der Waals surface area contributed by atoms with E-state index in [0.29, 0.717) is 18.2 Å². The third-order valence-corrected chi connectivity index (χ3v) is 5.59. The Hall–Kier alpha value is -1.16. The van der Waals surface area contributed by atoms with Crippen LogP contribution in [0.3, 0.4) is 0 Å². The summed E-state index contributed by atoms with van der Waals surface area (Å²) in [5.41, 5.74) is 2.51. The summed E-state index contributed by atoms with van der Waals surface area (Å²) in [5.74, 6) is 0. The monoisotopic (exact) mass is 387 g/mol. The van der Waals surface area contributed by atoms with Gasteiger partial charge in [0.15, 0.2) is 0 Å². The van der Waals surface area contributed by atoms with Gasteiger partial charge in [-0.2, -0.15) is 0 Å². The second-order valence-electron chi connectivity index (χ2n) is 6.98. The van der Waals surface area contributed by atoms with Gasteiger partial charge in [-0.3, -0.25) is 0 Å². The van der Waals surface area contributed by atoms with Gasteiger partial charge in [0.2, 0.25) is 0 Å². The van der Waals surface area contributed by atoms with Gasteiger partial charge < -0.3 is 9.64 Å². The molecule has 2 aromatic rings. The molecule has 4 rings (SSSR count). The predicted octanol–water partition coefficient (Wildman–Crippen LogP) is 5.00. The van der Waals surface area contributed by atoms with E-state index in [9.17, 15) is 0 Å². The van der Waals surface area contributed by atoms with Gasteiger partial charge in [-0.05, 0) is 43.9 Å². The number of hydrogen-bond acceptors (Lipinski definition) is 2. The number of nitrogens with zero attached hydrogens (tertiary/aromatic N) is 1. The van der Waals surface area contributed by atoms with Crippen molar-refractivity contribution in [3.63, 3.8) is 0 Å². The largest absolute Gasteiger partial charge is 0.365 e. The molecule has 0 aromatic heterocycles. The van der Waals surface area contributed by atoms with Crippen molar-refractivity contribution in [1.82, 2.24) is 4.90 Å². The van der Waals surface area contributed by atoms with E-state index in [1.807, 2.05) is 0 Å². The number of halogens is 1. The zero-order valence-corrected chi connectivity index (χ0v) is 15.9. The smallest absolute Gasteiger partial charge is 0.108 e. The van der Waals surface area contributed by atoms with Gasteiger partial charge in [0.1, 0.15) is 6.10 Å². The Kier molecular flexibility index (Phi) is 5.75. The normalized spacial score (nSPS) is 26.3. The van der Waals surface area contributed by atoms with Gasteiger partial charge >= 0.3 is 0 Å². The molecule has 2 aromatic carbocycles. The van der Waals surface area contributed by atoms with Gasteiger partial charge in [-0.15, -0.1) is 17.0 Å². The van der Waals surface area contributed by atoms with Crippen LogP contribution >= 0.6 is 17.0 Å². The first-order chi connectivity index (χ1) is 11.3. The average molecular weight is 388 g/mol. The fraction of sp³-hybridized carbons (Fsp3) is 0.429. The molecule has 2 fully saturated rings. The Labute approximate surface area is 155 Å². The zero-order chi connectivity index (χ0) is 15.6. The minimum Gasteiger partial charge on any atom is -0.365 e. The molecule has 2 unspecified atom stereocenters. The molecule has 0 N–H and O–H groups in total. The quantitative estimate of drug-likeness (QED) is 0.731. The fourth-order valence-electron chi connectivity index (χ4n) is 4.27. The minimum atomic E-state index is 0. The Bertz CT molecular complexity index is 579. The molecule has 0 aliphatic carbocycles. The van der Waals surface area contributed by atoms with E-state index in [1.165, 1.54) is 36.8 Å². The number of rotatable bonds is 4. The van der Waals surface area contributed by atoms with Crippen LogP contribution in [-0.4, -0.2) is 30.1 Å². The van der Waals surface area contributed by atoms with E-state index in [4.69, 9.17) is 4.74 Å². The highest BCUT2D eigenvalue weighted by atomic mass is 79.9. The summed E-state index contributed by atoms with van der Waals surface area (Å²) in [7, 11) is 2.28. The van der Waals surface area contributed by atoms with Crippen molar-refractivity contribution < 1.29 is 4.74 Å². The number of hydrogen-bond donors (Lipinski definition) is 0. The Morgan fingerprint density at radius 2 is 1.29 bits per heavy atom. The second-order valence-corrected chi connectivity index (χ2v) is 6.98. The molecule has 0 amide bonds. The van der Waals surface area contributed by atoms with Crippen LogP contribution in [0.25, 0.3) is 0 Å². The highest BCUT2D eigenvalue weighted by Gasteiger charge is 2.39. The summed E-state index contributed by atoms with van der Waals surface area (Å²) < 4.78 is 6.67. The van der Waals surface area contributed by atoms with E-state index in [-0.39, 0.29) is 23.1 Å². The number of ether oxygens (including phenoxy) is 1. The lowest BCUT2D eigenvalue weighted by molar-refractivity contribution is -0.0426. The van der Waals surface area contributed by atoms with Gasteiger partial charge in [-0.25, -0.2) is 0 Å². The first-order valence-corrected chi connectivity index (χ1v) is 8.78. The Morgan fingerprint density at radius 3 is 1.75 bits per heavy atom. The Balaban J connectivity index is 0.00000169. The molecular weight excluding hydrogens is 362 g/mol. The van der Waals surface area contributed by atoms with Crippen LogP contribution in [0.2, 0.25) is 0 Å². The van der Waals surface area contributed by atoms with Crippen molar-refractivity contribution >= 4 is 17.0 Å². The van der Waals surface area contributed by atoms with Crippen molar-refractivity contribution in [1.29, 1.82) is 0 Å². The third kappa shape index (κ3) is 3.58. The van der Waals surface area contributed by atoms with Crippen LogP contribution in [0.4, 0.5) is 0 Å². The summed E-state index contributed by atoms with van der Waals surface area (Å²) in [6.45, 7) is 0. The molecule has 2 nitrogen and oxygen atoms in total. The van der Waals surface area contributed by atoms with Crippen LogP contribution < -0.4 is 0 Å². The van der Waals surface area contributed by atoms with Crippen LogP contribution in [-0.2, 0) is 4.74 Å². The first-order valence-electron chi connectivity index (χ1n) is 8.78. The van der Waals surface area contributed by atoms with Crippen molar-refractivity contribution in [2.24, 2.45) is 0 Å². The summed E-state index contributed by atoms with van der Waals surface area (Å²) in [5, 5.41) is 0.